The van der Waals surface area contributed by atoms with Crippen LogP contribution in [0, 0.1) is 11.3 Å². The molecule has 3 aliphatic rings. The van der Waals surface area contributed by atoms with E-state index >= 15 is 0 Å². The van der Waals surface area contributed by atoms with Crippen molar-refractivity contribution in [2.75, 3.05) is 20.8 Å². The van der Waals surface area contributed by atoms with Crippen LogP contribution in [0.1, 0.15) is 98.8 Å². The van der Waals surface area contributed by atoms with Crippen molar-refractivity contribution in [1.82, 2.24) is 4.89 Å². The van der Waals surface area contributed by atoms with Crippen molar-refractivity contribution in [3.05, 3.63) is 0 Å². The summed E-state index contributed by atoms with van der Waals surface area (Å²) in [5, 5.41) is 0. The van der Waals surface area contributed by atoms with Gasteiger partial charge >= 0.3 is 0 Å². The number of nitrogens with two attached hydrogens (primary N) is 1. The minimum absolute atomic E-state index is 0.123. The Hall–Kier alpha value is -0.220. The van der Waals surface area contributed by atoms with E-state index in [0.29, 0.717) is 37.1 Å². The Labute approximate surface area is 202 Å². The largest absolute Gasteiger partial charge is 0.381 e. The van der Waals surface area contributed by atoms with Crippen LogP contribution < -0.4 is 10.6 Å². The maximum absolute atomic E-state index is 10.6. The van der Waals surface area contributed by atoms with E-state index < -0.39 is 0 Å². The molecule has 0 amide bonds. The summed E-state index contributed by atoms with van der Waals surface area (Å²) in [6, 6.07) is 0. The molecule has 4 N–H and O–H groups in total. The summed E-state index contributed by atoms with van der Waals surface area (Å²) in [6.07, 6.45) is 14.3. The van der Waals surface area contributed by atoms with Gasteiger partial charge in [0.15, 0.2) is 0 Å². The van der Waals surface area contributed by atoms with Gasteiger partial charge in [-0.2, -0.15) is 0 Å². The number of aldehydes is 1. The van der Waals surface area contributed by atoms with E-state index in [0.717, 1.165) is 37.9 Å². The van der Waals surface area contributed by atoms with Gasteiger partial charge in [-0.1, -0.05) is 46.5 Å². The van der Waals surface area contributed by atoms with Crippen molar-refractivity contribution < 1.29 is 23.7 Å². The fraction of sp³-hybridized carbons (Fsp3) is 0.958. The summed E-state index contributed by atoms with van der Waals surface area (Å²) in [5.74, 6) is 0.769. The van der Waals surface area contributed by atoms with Crippen molar-refractivity contribution >= 4 is 18.5 Å². The van der Waals surface area contributed by atoms with Crippen molar-refractivity contribution in [3.63, 3.8) is 0 Å². The Balaban J connectivity index is 0. The lowest BCUT2D eigenvalue weighted by atomic mass is 9.68. The molecule has 1 heterocycles. The first kappa shape index (κ1) is 34.0. The average Bonchev–Trinajstić information content (AvgIpc) is 3.39. The molecule has 1 aliphatic heterocycles. The van der Waals surface area contributed by atoms with Gasteiger partial charge in [0.1, 0.15) is 18.5 Å². The average molecular weight is 481 g/mol. The summed E-state index contributed by atoms with van der Waals surface area (Å²) in [4.78, 5) is 17.7. The molecule has 3 unspecified atom stereocenters. The predicted molar refractivity (Wildman–Crippen MR) is 135 cm³/mol. The summed E-state index contributed by atoms with van der Waals surface area (Å²) < 4.78 is 18.8. The van der Waals surface area contributed by atoms with Gasteiger partial charge in [0.05, 0.1) is 24.9 Å². The Morgan fingerprint density at radius 2 is 1.72 bits per heavy atom. The van der Waals surface area contributed by atoms with Gasteiger partial charge in [-0.05, 0) is 65.3 Å². The number of carbonyl (C=O) groups excluding carboxylic acids is 1. The molecule has 3 atom stereocenters. The number of ether oxygens (including phenoxy) is 2. The number of carbonyl (C=O) groups is 1. The second-order valence-electron chi connectivity index (χ2n) is 8.82. The van der Waals surface area contributed by atoms with Crippen LogP contribution in [0.2, 0.25) is 0 Å². The van der Waals surface area contributed by atoms with Crippen LogP contribution in [0.3, 0.4) is 0 Å². The molecule has 3 rings (SSSR count). The zero-order valence-corrected chi connectivity index (χ0v) is 22.5. The summed E-state index contributed by atoms with van der Waals surface area (Å²) in [7, 11) is 3.30. The van der Waals surface area contributed by atoms with Gasteiger partial charge in [0, 0.05) is 12.5 Å². The van der Waals surface area contributed by atoms with Crippen LogP contribution in [0.4, 0.5) is 0 Å². The third-order valence-corrected chi connectivity index (χ3v) is 6.18. The SMILES string of the molecule is CC1CC(C)C(C)O1.CCC.CN.COC1CCCC1.O=CC1(CCONSO)CCC1. The molecule has 194 valence electrons. The first-order valence-corrected chi connectivity index (χ1v) is 13.0. The molecule has 3 fully saturated rings. The highest BCUT2D eigenvalue weighted by Gasteiger charge is 2.36. The molecule has 0 aromatic carbocycles. The Morgan fingerprint density at radius 3 is 1.97 bits per heavy atom. The van der Waals surface area contributed by atoms with Crippen molar-refractivity contribution in [2.24, 2.45) is 17.1 Å². The van der Waals surface area contributed by atoms with E-state index in [1.54, 1.807) is 7.11 Å². The fourth-order valence-corrected chi connectivity index (χ4v) is 3.91. The molecular formula is C24H52N2O5S. The predicted octanol–water partition coefficient (Wildman–Crippen LogP) is 5.77. The Bertz CT molecular complexity index is 398. The van der Waals surface area contributed by atoms with Crippen LogP contribution in [-0.2, 0) is 19.1 Å². The van der Waals surface area contributed by atoms with Gasteiger partial charge in [-0.15, -0.1) is 4.89 Å². The van der Waals surface area contributed by atoms with Gasteiger partial charge in [0.25, 0.3) is 0 Å². The van der Waals surface area contributed by atoms with Crippen molar-refractivity contribution in [1.29, 1.82) is 0 Å². The molecule has 7 nitrogen and oxygen atoms in total. The van der Waals surface area contributed by atoms with Crippen LogP contribution in [0.25, 0.3) is 0 Å². The second kappa shape index (κ2) is 22.6. The van der Waals surface area contributed by atoms with E-state index in [4.69, 9.17) is 18.9 Å². The van der Waals surface area contributed by atoms with E-state index in [1.807, 2.05) is 0 Å². The molecule has 2 aliphatic carbocycles. The first-order chi connectivity index (χ1) is 15.4. The topological polar surface area (TPSA) is 103 Å². The molecular weight excluding hydrogens is 428 g/mol. The smallest absolute Gasteiger partial charge is 0.126 e. The molecule has 8 heteroatoms. The Kier molecular flexibility index (Phi) is 23.9. The third-order valence-electron chi connectivity index (χ3n) is 5.99. The lowest BCUT2D eigenvalue weighted by Crippen LogP contribution is -2.32. The highest BCUT2D eigenvalue weighted by atomic mass is 32.2. The number of methoxy groups -OCH3 is 1. The maximum atomic E-state index is 10.6. The normalized spacial score (nSPS) is 25.3. The second-order valence-corrected chi connectivity index (χ2v) is 9.17. The van der Waals surface area contributed by atoms with Crippen LogP contribution in [0.15, 0.2) is 0 Å². The molecule has 32 heavy (non-hydrogen) atoms. The zero-order valence-electron chi connectivity index (χ0n) is 21.7. The zero-order chi connectivity index (χ0) is 24.8. The molecule has 0 aromatic rings. The van der Waals surface area contributed by atoms with Crippen LogP contribution >= 0.6 is 12.2 Å². The molecule has 0 aromatic heterocycles. The van der Waals surface area contributed by atoms with E-state index in [1.165, 1.54) is 45.6 Å². The summed E-state index contributed by atoms with van der Waals surface area (Å²) in [6.45, 7) is 11.2. The minimum atomic E-state index is -0.123. The standard InChI is InChI=1S/C7H13NO3S.C7H14O.C6H12O.C3H8.CH5N/c9-6-7(2-1-3-7)4-5-11-8-12-10;1-5-4-6(2)8-7(5)3;1-7-6-4-2-3-5-6;1-3-2;1-2/h6,8,10H,1-5H2;5-7H,4H2,1-3H3;6H,2-5H2,1H3;3H2,1-2H3;2H2,1H3. The molecule has 0 radical (unpaired) electrons. The quantitative estimate of drug-likeness (QED) is 0.139. The van der Waals surface area contributed by atoms with E-state index in [2.05, 4.69) is 45.2 Å². The number of nitrogens with one attached hydrogen (secondary N) is 1. The number of rotatable bonds is 7. The van der Waals surface area contributed by atoms with Crippen LogP contribution in [-0.4, -0.2) is 49.9 Å². The van der Waals surface area contributed by atoms with Gasteiger partial charge in [0.2, 0.25) is 0 Å². The molecule has 0 spiro atoms. The summed E-state index contributed by atoms with van der Waals surface area (Å²) >= 11 is 0.425. The molecule has 2 saturated carbocycles. The maximum Gasteiger partial charge on any atom is 0.126 e. The van der Waals surface area contributed by atoms with Gasteiger partial charge in [-0.3, -0.25) is 4.84 Å². The minimum Gasteiger partial charge on any atom is -0.381 e. The van der Waals surface area contributed by atoms with E-state index in [-0.39, 0.29) is 5.41 Å². The molecule has 1 saturated heterocycles. The van der Waals surface area contributed by atoms with Crippen molar-refractivity contribution in [3.8, 4) is 0 Å². The highest BCUT2D eigenvalue weighted by Crippen LogP contribution is 2.41. The first-order valence-electron chi connectivity index (χ1n) is 12.3. The van der Waals surface area contributed by atoms with Gasteiger partial charge in [-0.25, -0.2) is 0 Å². The van der Waals surface area contributed by atoms with E-state index in [9.17, 15) is 4.79 Å². The molecule has 0 bridgehead atoms. The lowest BCUT2D eigenvalue weighted by Gasteiger charge is -2.36. The third kappa shape index (κ3) is 16.4. The lowest BCUT2D eigenvalue weighted by molar-refractivity contribution is -0.122. The van der Waals surface area contributed by atoms with Crippen molar-refractivity contribution in [2.45, 2.75) is 117 Å². The summed E-state index contributed by atoms with van der Waals surface area (Å²) in [5.41, 5.74) is 4.38. The van der Waals surface area contributed by atoms with Gasteiger partial charge < -0.3 is 24.6 Å². The van der Waals surface area contributed by atoms with Crippen LogP contribution in [0.5, 0.6) is 0 Å². The fourth-order valence-electron chi connectivity index (χ4n) is 3.78. The number of hydrogen-bond acceptors (Lipinski definition) is 8. The highest BCUT2D eigenvalue weighted by molar-refractivity contribution is 7.91. The Morgan fingerprint density at radius 1 is 1.16 bits per heavy atom. The number of hydrogen-bond donors (Lipinski definition) is 3. The monoisotopic (exact) mass is 480 g/mol.